The molecule has 1 saturated heterocycles. The van der Waals surface area contributed by atoms with Crippen LogP contribution in [0.4, 0.5) is 5.69 Å². The number of rotatable bonds is 4. The van der Waals surface area contributed by atoms with Crippen molar-refractivity contribution in [1.29, 1.82) is 0 Å². The number of nitrogens with two attached hydrogens (primary N) is 1. The lowest BCUT2D eigenvalue weighted by Crippen LogP contribution is -2.45. The third-order valence-electron chi connectivity index (χ3n) is 3.61. The third-order valence-corrected chi connectivity index (χ3v) is 4.25. The maximum absolute atomic E-state index is 10.5. The van der Waals surface area contributed by atoms with Crippen LogP contribution in [0, 0.1) is 0 Å². The number of hydrogen-bond acceptors (Lipinski definition) is 4. The summed E-state index contributed by atoms with van der Waals surface area (Å²) < 4.78 is 6.31. The van der Waals surface area contributed by atoms with Crippen molar-refractivity contribution in [2.24, 2.45) is 5.73 Å². The number of anilines is 1. The molecule has 5 heteroatoms. The van der Waals surface area contributed by atoms with Crippen LogP contribution in [0.3, 0.4) is 0 Å². The van der Waals surface area contributed by atoms with Crippen molar-refractivity contribution in [2.45, 2.75) is 25.0 Å². The zero-order valence-corrected chi connectivity index (χ0v) is 12.8. The highest BCUT2D eigenvalue weighted by Crippen LogP contribution is 2.29. The van der Waals surface area contributed by atoms with Crippen molar-refractivity contribution >= 4 is 21.6 Å². The van der Waals surface area contributed by atoms with E-state index in [0.29, 0.717) is 39.1 Å². The molecule has 1 aromatic carbocycles. The first-order valence-electron chi connectivity index (χ1n) is 6.54. The Morgan fingerprint density at radius 2 is 2.11 bits per heavy atom. The van der Waals surface area contributed by atoms with Crippen LogP contribution in [0.2, 0.25) is 0 Å². The lowest BCUT2D eigenvalue weighted by Gasteiger charge is -2.36. The van der Waals surface area contributed by atoms with Gasteiger partial charge in [0.05, 0.1) is 11.3 Å². The van der Waals surface area contributed by atoms with Crippen molar-refractivity contribution in [1.82, 2.24) is 0 Å². The fourth-order valence-corrected chi connectivity index (χ4v) is 3.15. The summed E-state index contributed by atoms with van der Waals surface area (Å²) in [5.74, 6) is 0. The molecular formula is C14H21BrN2O2. The predicted molar refractivity (Wildman–Crippen MR) is 80.3 cm³/mol. The second-order valence-electron chi connectivity index (χ2n) is 5.18. The Hall–Kier alpha value is -0.620. The molecule has 106 valence electrons. The Morgan fingerprint density at radius 1 is 1.42 bits per heavy atom. The van der Waals surface area contributed by atoms with Crippen LogP contribution in [0.15, 0.2) is 22.7 Å². The molecular weight excluding hydrogens is 308 g/mol. The van der Waals surface area contributed by atoms with Gasteiger partial charge < -0.3 is 20.5 Å². The van der Waals surface area contributed by atoms with E-state index in [9.17, 15) is 5.11 Å². The van der Waals surface area contributed by atoms with Crippen molar-refractivity contribution < 1.29 is 9.84 Å². The third kappa shape index (κ3) is 3.69. The van der Waals surface area contributed by atoms with Crippen LogP contribution < -0.4 is 10.6 Å². The van der Waals surface area contributed by atoms with Gasteiger partial charge in [0.25, 0.3) is 0 Å². The zero-order valence-electron chi connectivity index (χ0n) is 11.2. The number of aliphatic hydroxyl groups is 1. The van der Waals surface area contributed by atoms with Gasteiger partial charge in [-0.1, -0.05) is 6.07 Å². The monoisotopic (exact) mass is 328 g/mol. The molecule has 0 saturated carbocycles. The highest BCUT2D eigenvalue weighted by atomic mass is 79.9. The standard InChI is InChI=1S/C14H21BrN2O2/c1-17(10-14(18)4-6-19-7-5-14)13-3-2-11(9-16)8-12(13)15/h2-3,8,18H,4-7,9-10,16H2,1H3. The Morgan fingerprint density at radius 3 is 2.68 bits per heavy atom. The summed E-state index contributed by atoms with van der Waals surface area (Å²) in [5, 5.41) is 10.5. The fraction of sp³-hybridized carbons (Fsp3) is 0.571. The van der Waals surface area contributed by atoms with Crippen LogP contribution in [-0.4, -0.2) is 37.5 Å². The lowest BCUT2D eigenvalue weighted by molar-refractivity contribution is -0.0572. The quantitative estimate of drug-likeness (QED) is 0.886. The van der Waals surface area contributed by atoms with E-state index in [1.54, 1.807) is 0 Å². The first-order chi connectivity index (χ1) is 9.04. The molecule has 1 aliphatic heterocycles. The van der Waals surface area contributed by atoms with Crippen molar-refractivity contribution in [3.05, 3.63) is 28.2 Å². The molecule has 2 rings (SSSR count). The van der Waals surface area contributed by atoms with E-state index in [-0.39, 0.29) is 0 Å². The summed E-state index contributed by atoms with van der Waals surface area (Å²) in [5.41, 5.74) is 7.13. The lowest BCUT2D eigenvalue weighted by atomic mass is 9.94. The first-order valence-corrected chi connectivity index (χ1v) is 7.33. The number of ether oxygens (including phenoxy) is 1. The van der Waals surface area contributed by atoms with E-state index in [1.807, 2.05) is 25.2 Å². The highest BCUT2D eigenvalue weighted by molar-refractivity contribution is 9.10. The van der Waals surface area contributed by atoms with E-state index in [4.69, 9.17) is 10.5 Å². The molecule has 3 N–H and O–H groups in total. The molecule has 1 fully saturated rings. The maximum atomic E-state index is 10.5. The van der Waals surface area contributed by atoms with Gasteiger partial charge in [-0.2, -0.15) is 0 Å². The van der Waals surface area contributed by atoms with Crippen LogP contribution in [-0.2, 0) is 11.3 Å². The summed E-state index contributed by atoms with van der Waals surface area (Å²) in [6, 6.07) is 6.08. The Balaban J connectivity index is 2.08. The maximum Gasteiger partial charge on any atom is 0.0865 e. The fourth-order valence-electron chi connectivity index (χ4n) is 2.42. The summed E-state index contributed by atoms with van der Waals surface area (Å²) in [7, 11) is 2.00. The number of nitrogens with zero attached hydrogens (tertiary/aromatic N) is 1. The summed E-state index contributed by atoms with van der Waals surface area (Å²) in [4.78, 5) is 2.08. The zero-order chi connectivity index (χ0) is 13.9. The van der Waals surface area contributed by atoms with Crippen LogP contribution in [0.25, 0.3) is 0 Å². The second-order valence-corrected chi connectivity index (χ2v) is 6.04. The SMILES string of the molecule is CN(CC1(O)CCOCC1)c1ccc(CN)cc1Br. The molecule has 4 nitrogen and oxygen atoms in total. The van der Waals surface area contributed by atoms with Gasteiger partial charge in [0, 0.05) is 50.7 Å². The number of hydrogen-bond donors (Lipinski definition) is 2. The first kappa shape index (κ1) is 14.8. The predicted octanol–water partition coefficient (Wildman–Crippen LogP) is 1.89. The normalized spacial score (nSPS) is 18.3. The van der Waals surface area contributed by atoms with Gasteiger partial charge in [0.15, 0.2) is 0 Å². The topological polar surface area (TPSA) is 58.7 Å². The molecule has 0 amide bonds. The van der Waals surface area contributed by atoms with E-state index in [1.165, 1.54) is 0 Å². The van der Waals surface area contributed by atoms with Crippen LogP contribution in [0.1, 0.15) is 18.4 Å². The Labute approximate surface area is 122 Å². The van der Waals surface area contributed by atoms with E-state index in [0.717, 1.165) is 15.7 Å². The average molecular weight is 329 g/mol. The smallest absolute Gasteiger partial charge is 0.0865 e. The van der Waals surface area contributed by atoms with Gasteiger partial charge in [0.2, 0.25) is 0 Å². The van der Waals surface area contributed by atoms with Crippen molar-refractivity contribution in [2.75, 3.05) is 31.7 Å². The van der Waals surface area contributed by atoms with Gasteiger partial charge in [0.1, 0.15) is 0 Å². The minimum Gasteiger partial charge on any atom is -0.388 e. The molecule has 19 heavy (non-hydrogen) atoms. The molecule has 0 atom stereocenters. The van der Waals surface area contributed by atoms with Crippen LogP contribution in [0.5, 0.6) is 0 Å². The molecule has 1 aliphatic rings. The molecule has 0 aromatic heterocycles. The highest BCUT2D eigenvalue weighted by Gasteiger charge is 2.31. The van der Waals surface area contributed by atoms with E-state index >= 15 is 0 Å². The molecule has 1 aromatic rings. The Kier molecular flexibility index (Phi) is 4.84. The van der Waals surface area contributed by atoms with Crippen molar-refractivity contribution in [3.8, 4) is 0 Å². The van der Waals surface area contributed by atoms with Gasteiger partial charge in [-0.25, -0.2) is 0 Å². The van der Waals surface area contributed by atoms with Gasteiger partial charge >= 0.3 is 0 Å². The van der Waals surface area contributed by atoms with Gasteiger partial charge in [-0.3, -0.25) is 0 Å². The molecule has 0 spiro atoms. The van der Waals surface area contributed by atoms with Crippen LogP contribution >= 0.6 is 15.9 Å². The summed E-state index contributed by atoms with van der Waals surface area (Å²) >= 11 is 3.57. The largest absolute Gasteiger partial charge is 0.388 e. The summed E-state index contributed by atoms with van der Waals surface area (Å²) in [6.07, 6.45) is 1.38. The summed E-state index contributed by atoms with van der Waals surface area (Å²) in [6.45, 7) is 2.41. The number of likely N-dealkylation sites (N-methyl/N-ethyl adjacent to an activating group) is 1. The van der Waals surface area contributed by atoms with Crippen molar-refractivity contribution in [3.63, 3.8) is 0 Å². The number of benzene rings is 1. The molecule has 0 unspecified atom stereocenters. The molecule has 0 aliphatic carbocycles. The average Bonchev–Trinajstić information content (AvgIpc) is 2.38. The van der Waals surface area contributed by atoms with Gasteiger partial charge in [-0.05, 0) is 33.6 Å². The number of halogens is 1. The molecule has 0 radical (unpaired) electrons. The van der Waals surface area contributed by atoms with E-state index in [2.05, 4.69) is 20.8 Å². The molecule has 1 heterocycles. The second kappa shape index (κ2) is 6.22. The van der Waals surface area contributed by atoms with Gasteiger partial charge in [-0.15, -0.1) is 0 Å². The minimum absolute atomic E-state index is 0.532. The minimum atomic E-state index is -0.654. The van der Waals surface area contributed by atoms with E-state index < -0.39 is 5.60 Å². The Bertz CT molecular complexity index is 433. The molecule has 0 bridgehead atoms.